The van der Waals surface area contributed by atoms with E-state index in [1.165, 1.54) is 22.5 Å². The minimum Gasteiger partial charge on any atom is -0.368 e. The van der Waals surface area contributed by atoms with E-state index in [4.69, 9.17) is 0 Å². The summed E-state index contributed by atoms with van der Waals surface area (Å²) in [4.78, 5) is 4.96. The van der Waals surface area contributed by atoms with Crippen LogP contribution in [-0.4, -0.2) is 31.9 Å². The largest absolute Gasteiger partial charge is 0.368 e. The Morgan fingerprint density at radius 3 is 2.36 bits per heavy atom. The van der Waals surface area contributed by atoms with Gasteiger partial charge in [0, 0.05) is 53.6 Å². The monoisotopic (exact) mass is 438 g/mol. The number of hydrogen-bond acceptors (Lipinski definition) is 4. The molecule has 28 heavy (non-hydrogen) atoms. The Labute approximate surface area is 176 Å². The first-order chi connectivity index (χ1) is 13.5. The molecular weight excluding hydrogens is 412 g/mol. The first-order valence-electron chi connectivity index (χ1n) is 9.89. The van der Waals surface area contributed by atoms with E-state index in [1.54, 1.807) is 0 Å². The summed E-state index contributed by atoms with van der Waals surface area (Å²) in [6.07, 6.45) is 0.942. The van der Waals surface area contributed by atoms with E-state index in [1.807, 2.05) is 0 Å². The van der Waals surface area contributed by atoms with E-state index in [0.717, 1.165) is 48.5 Å². The number of rotatable bonds is 3. The minimum atomic E-state index is 0.400. The number of allylic oxidation sites excluding steroid dienone is 1. The van der Waals surface area contributed by atoms with Gasteiger partial charge in [-0.15, -0.1) is 0 Å². The van der Waals surface area contributed by atoms with E-state index < -0.39 is 0 Å². The normalized spacial score (nSPS) is 20.0. The van der Waals surface area contributed by atoms with Crippen LogP contribution in [-0.2, 0) is 0 Å². The lowest BCUT2D eigenvalue weighted by molar-refractivity contribution is 0.650. The number of anilines is 2. The highest BCUT2D eigenvalue weighted by atomic mass is 79.9. The van der Waals surface area contributed by atoms with Crippen LogP contribution >= 0.6 is 15.9 Å². The standard InChI is InChI=1S/C23H27BrN4/c1-16-15-20(24)6-9-22(16)28-12-10-27(11-13-28)21-7-4-19(5-8-21)23-17(2)14-18(3)25-26-23/h4-9,15,17,25H,3,10-14H2,1-2H3. The molecule has 1 unspecified atom stereocenters. The topological polar surface area (TPSA) is 30.9 Å². The molecule has 0 bridgehead atoms. The smallest absolute Gasteiger partial charge is 0.0711 e. The van der Waals surface area contributed by atoms with Gasteiger partial charge in [-0.05, 0) is 54.8 Å². The molecule has 0 aromatic heterocycles. The fourth-order valence-corrected chi connectivity index (χ4v) is 4.61. The molecular formula is C23H27BrN4. The van der Waals surface area contributed by atoms with Crippen molar-refractivity contribution in [3.8, 4) is 0 Å². The minimum absolute atomic E-state index is 0.400. The van der Waals surface area contributed by atoms with Crippen molar-refractivity contribution in [1.29, 1.82) is 0 Å². The Balaban J connectivity index is 1.42. The second-order valence-electron chi connectivity index (χ2n) is 7.77. The van der Waals surface area contributed by atoms with Crippen molar-refractivity contribution >= 4 is 33.0 Å². The van der Waals surface area contributed by atoms with Gasteiger partial charge in [0.1, 0.15) is 0 Å². The lowest BCUT2D eigenvalue weighted by atomic mass is 9.93. The van der Waals surface area contributed by atoms with Crippen LogP contribution in [0.5, 0.6) is 0 Å². The Morgan fingerprint density at radius 1 is 1.04 bits per heavy atom. The molecule has 1 N–H and O–H groups in total. The summed E-state index contributed by atoms with van der Waals surface area (Å²) in [5, 5.41) is 4.51. The van der Waals surface area contributed by atoms with Gasteiger partial charge in [0.05, 0.1) is 5.71 Å². The Bertz CT molecular complexity index is 895. The number of piperazine rings is 1. The molecule has 2 heterocycles. The van der Waals surface area contributed by atoms with Gasteiger partial charge in [0.2, 0.25) is 0 Å². The number of aryl methyl sites for hydroxylation is 1. The molecule has 1 saturated heterocycles. The van der Waals surface area contributed by atoms with Crippen LogP contribution in [0, 0.1) is 12.8 Å². The number of benzene rings is 2. The SMILES string of the molecule is C=C1CC(C)C(c2ccc(N3CCN(c4ccc(Br)cc4C)CC3)cc2)=NN1. The van der Waals surface area contributed by atoms with Crippen molar-refractivity contribution in [3.63, 3.8) is 0 Å². The third-order valence-electron chi connectivity index (χ3n) is 5.66. The predicted octanol–water partition coefficient (Wildman–Crippen LogP) is 4.93. The zero-order valence-electron chi connectivity index (χ0n) is 16.6. The quantitative estimate of drug-likeness (QED) is 0.736. The van der Waals surface area contributed by atoms with Crippen molar-refractivity contribution in [2.24, 2.45) is 11.0 Å². The summed E-state index contributed by atoms with van der Waals surface area (Å²) < 4.78 is 1.14. The molecule has 5 heteroatoms. The van der Waals surface area contributed by atoms with Crippen LogP contribution in [0.25, 0.3) is 0 Å². The fourth-order valence-electron chi connectivity index (χ4n) is 4.13. The summed E-state index contributed by atoms with van der Waals surface area (Å²) in [6, 6.07) is 15.4. The molecule has 2 aromatic rings. The zero-order chi connectivity index (χ0) is 19.7. The van der Waals surface area contributed by atoms with Crippen molar-refractivity contribution in [1.82, 2.24) is 5.43 Å². The average molecular weight is 439 g/mol. The van der Waals surface area contributed by atoms with Gasteiger partial charge in [0.15, 0.2) is 0 Å². The van der Waals surface area contributed by atoms with Gasteiger partial charge in [-0.1, -0.05) is 41.6 Å². The number of nitrogens with one attached hydrogen (secondary N) is 1. The molecule has 2 aliphatic heterocycles. The van der Waals surface area contributed by atoms with E-state index in [9.17, 15) is 0 Å². The molecule has 0 saturated carbocycles. The van der Waals surface area contributed by atoms with Crippen molar-refractivity contribution in [2.45, 2.75) is 20.3 Å². The molecule has 0 radical (unpaired) electrons. The number of hydrazone groups is 1. The zero-order valence-corrected chi connectivity index (χ0v) is 18.2. The predicted molar refractivity (Wildman–Crippen MR) is 122 cm³/mol. The molecule has 146 valence electrons. The second kappa shape index (κ2) is 8.00. The molecule has 1 fully saturated rings. The molecule has 0 spiro atoms. The van der Waals surface area contributed by atoms with Crippen molar-refractivity contribution < 1.29 is 0 Å². The van der Waals surface area contributed by atoms with Crippen molar-refractivity contribution in [2.75, 3.05) is 36.0 Å². The van der Waals surface area contributed by atoms with Gasteiger partial charge in [0.25, 0.3) is 0 Å². The van der Waals surface area contributed by atoms with E-state index in [-0.39, 0.29) is 0 Å². The molecule has 2 aromatic carbocycles. The van der Waals surface area contributed by atoms with Crippen LogP contribution in [0.2, 0.25) is 0 Å². The number of nitrogens with zero attached hydrogens (tertiary/aromatic N) is 3. The molecule has 0 aliphatic carbocycles. The van der Waals surface area contributed by atoms with Crippen LogP contribution in [0.3, 0.4) is 0 Å². The molecule has 1 atom stereocenters. The average Bonchev–Trinajstić information content (AvgIpc) is 2.69. The van der Waals surface area contributed by atoms with Gasteiger partial charge < -0.3 is 9.80 Å². The van der Waals surface area contributed by atoms with Gasteiger partial charge >= 0.3 is 0 Å². The summed E-state index contributed by atoms with van der Waals surface area (Å²) in [6.45, 7) is 12.5. The lowest BCUT2D eigenvalue weighted by Crippen LogP contribution is -2.46. The molecule has 4 rings (SSSR count). The van der Waals surface area contributed by atoms with E-state index >= 15 is 0 Å². The molecule has 4 nitrogen and oxygen atoms in total. The first-order valence-corrected chi connectivity index (χ1v) is 10.7. The summed E-state index contributed by atoms with van der Waals surface area (Å²) in [5.74, 6) is 0.400. The highest BCUT2D eigenvalue weighted by molar-refractivity contribution is 9.10. The number of halogens is 1. The summed E-state index contributed by atoms with van der Waals surface area (Å²) in [5.41, 5.74) is 10.3. The molecule has 0 amide bonds. The van der Waals surface area contributed by atoms with Crippen LogP contribution in [0.15, 0.2) is 64.3 Å². The highest BCUT2D eigenvalue weighted by Gasteiger charge is 2.21. The third kappa shape index (κ3) is 3.95. The van der Waals surface area contributed by atoms with Gasteiger partial charge in [-0.3, -0.25) is 5.43 Å². The van der Waals surface area contributed by atoms with Crippen molar-refractivity contribution in [3.05, 3.63) is 70.3 Å². The lowest BCUT2D eigenvalue weighted by Gasteiger charge is -2.38. The maximum atomic E-state index is 4.51. The third-order valence-corrected chi connectivity index (χ3v) is 6.15. The van der Waals surface area contributed by atoms with Crippen LogP contribution < -0.4 is 15.2 Å². The Morgan fingerprint density at radius 2 is 1.71 bits per heavy atom. The number of hydrogen-bond donors (Lipinski definition) is 1. The Kier molecular flexibility index (Phi) is 5.44. The fraction of sp³-hybridized carbons (Fsp3) is 0.348. The maximum absolute atomic E-state index is 4.51. The van der Waals surface area contributed by atoms with Crippen LogP contribution in [0.1, 0.15) is 24.5 Å². The maximum Gasteiger partial charge on any atom is 0.0711 e. The summed E-state index contributed by atoms with van der Waals surface area (Å²) in [7, 11) is 0. The Hall–Kier alpha value is -2.27. The van der Waals surface area contributed by atoms with Gasteiger partial charge in [-0.25, -0.2) is 0 Å². The van der Waals surface area contributed by atoms with E-state index in [2.05, 4.69) is 99.1 Å². The van der Waals surface area contributed by atoms with Gasteiger partial charge in [-0.2, -0.15) is 5.10 Å². The van der Waals surface area contributed by atoms with E-state index in [0.29, 0.717) is 5.92 Å². The summed E-state index contributed by atoms with van der Waals surface area (Å²) >= 11 is 3.56. The first kappa shape index (κ1) is 19.1. The molecule has 2 aliphatic rings. The van der Waals surface area contributed by atoms with Crippen LogP contribution in [0.4, 0.5) is 11.4 Å². The second-order valence-corrected chi connectivity index (χ2v) is 8.69. The highest BCUT2D eigenvalue weighted by Crippen LogP contribution is 2.27.